The van der Waals surface area contributed by atoms with Gasteiger partial charge in [0.15, 0.2) is 0 Å². The Balaban J connectivity index is 2.32. The molecule has 0 radical (unpaired) electrons. The summed E-state index contributed by atoms with van der Waals surface area (Å²) in [5.41, 5.74) is -1.11. The third-order valence-electron chi connectivity index (χ3n) is 2.28. The fourth-order valence-electron chi connectivity index (χ4n) is 1.38. The zero-order valence-electron chi connectivity index (χ0n) is 9.28. The van der Waals surface area contributed by atoms with E-state index >= 15 is 0 Å². The highest BCUT2D eigenvalue weighted by Crippen LogP contribution is 2.20. The lowest BCUT2D eigenvalue weighted by molar-refractivity contribution is 0.0691. The number of aromatic nitrogens is 2. The number of anilines is 1. The number of nitrogens with one attached hydrogen (secondary N) is 2. The number of carbonyl (C=O) groups is 2. The lowest BCUT2D eigenvalue weighted by atomic mass is 10.1. The molecule has 0 atom stereocenters. The van der Waals surface area contributed by atoms with Crippen LogP contribution in [0.25, 0.3) is 0 Å². The summed E-state index contributed by atoms with van der Waals surface area (Å²) in [4.78, 5) is 28.4. The SMILES string of the molecule is O=C(Nc1cc(C(=O)O)c(F)cc1F)c1cnc[nH]1. The first-order chi connectivity index (χ1) is 8.99. The van der Waals surface area contributed by atoms with Gasteiger partial charge in [-0.3, -0.25) is 4.79 Å². The van der Waals surface area contributed by atoms with Crippen molar-refractivity contribution in [3.05, 3.63) is 47.5 Å². The Morgan fingerprint density at radius 2 is 2.00 bits per heavy atom. The van der Waals surface area contributed by atoms with E-state index in [0.717, 1.165) is 0 Å². The van der Waals surface area contributed by atoms with E-state index in [1.54, 1.807) is 0 Å². The van der Waals surface area contributed by atoms with Crippen LogP contribution in [0.1, 0.15) is 20.8 Å². The first kappa shape index (κ1) is 12.7. The summed E-state index contributed by atoms with van der Waals surface area (Å²) in [6.45, 7) is 0. The fraction of sp³-hybridized carbons (Fsp3) is 0. The number of hydrogen-bond acceptors (Lipinski definition) is 3. The van der Waals surface area contributed by atoms with Gasteiger partial charge in [0.25, 0.3) is 5.91 Å². The second-order valence-electron chi connectivity index (χ2n) is 3.54. The van der Waals surface area contributed by atoms with Crippen LogP contribution < -0.4 is 5.32 Å². The Labute approximate surface area is 105 Å². The number of carboxylic acids is 1. The van der Waals surface area contributed by atoms with Crippen LogP contribution >= 0.6 is 0 Å². The molecule has 0 bridgehead atoms. The maximum Gasteiger partial charge on any atom is 0.338 e. The molecule has 0 aliphatic rings. The number of carboxylic acid groups (broad SMARTS) is 1. The van der Waals surface area contributed by atoms with Crippen molar-refractivity contribution in [3.63, 3.8) is 0 Å². The molecule has 0 saturated heterocycles. The van der Waals surface area contributed by atoms with E-state index in [1.807, 2.05) is 0 Å². The number of aromatic amines is 1. The number of aromatic carboxylic acids is 1. The van der Waals surface area contributed by atoms with Crippen LogP contribution in [0.4, 0.5) is 14.5 Å². The number of amides is 1. The average Bonchev–Trinajstić information content (AvgIpc) is 2.85. The van der Waals surface area contributed by atoms with E-state index in [1.165, 1.54) is 12.5 Å². The van der Waals surface area contributed by atoms with Gasteiger partial charge in [0.2, 0.25) is 0 Å². The van der Waals surface area contributed by atoms with Crippen LogP contribution in [0, 0.1) is 11.6 Å². The van der Waals surface area contributed by atoms with Crippen LogP contribution in [0.2, 0.25) is 0 Å². The second kappa shape index (κ2) is 4.84. The zero-order valence-corrected chi connectivity index (χ0v) is 9.28. The summed E-state index contributed by atoms with van der Waals surface area (Å²) in [5.74, 6) is -4.58. The summed E-state index contributed by atoms with van der Waals surface area (Å²) in [6, 6.07) is 1.10. The molecule has 3 N–H and O–H groups in total. The third kappa shape index (κ3) is 2.57. The number of H-pyrrole nitrogens is 1. The normalized spacial score (nSPS) is 10.2. The molecular formula is C11H7F2N3O3. The van der Waals surface area contributed by atoms with Crippen LogP contribution in [0.5, 0.6) is 0 Å². The lowest BCUT2D eigenvalue weighted by Crippen LogP contribution is -2.14. The molecule has 0 fully saturated rings. The highest BCUT2D eigenvalue weighted by atomic mass is 19.1. The molecule has 0 aliphatic carbocycles. The first-order valence-corrected chi connectivity index (χ1v) is 5.01. The van der Waals surface area contributed by atoms with Crippen LogP contribution in [-0.4, -0.2) is 27.0 Å². The molecular weight excluding hydrogens is 260 g/mol. The number of imidazole rings is 1. The van der Waals surface area contributed by atoms with E-state index in [4.69, 9.17) is 5.11 Å². The van der Waals surface area contributed by atoms with E-state index in [9.17, 15) is 18.4 Å². The van der Waals surface area contributed by atoms with Gasteiger partial charge in [0.1, 0.15) is 17.3 Å². The van der Waals surface area contributed by atoms with Gasteiger partial charge in [0.05, 0.1) is 23.8 Å². The summed E-state index contributed by atoms with van der Waals surface area (Å²) in [7, 11) is 0. The number of benzene rings is 1. The van der Waals surface area contributed by atoms with Crippen LogP contribution in [0.15, 0.2) is 24.7 Å². The zero-order chi connectivity index (χ0) is 14.0. The Morgan fingerprint density at radius 1 is 1.26 bits per heavy atom. The van der Waals surface area contributed by atoms with Crippen molar-refractivity contribution in [2.75, 3.05) is 5.32 Å². The molecule has 1 amide bonds. The molecule has 8 heteroatoms. The summed E-state index contributed by atoms with van der Waals surface area (Å²) in [5, 5.41) is 10.8. The number of hydrogen-bond donors (Lipinski definition) is 3. The van der Waals surface area contributed by atoms with Crippen molar-refractivity contribution in [1.82, 2.24) is 9.97 Å². The predicted molar refractivity (Wildman–Crippen MR) is 59.9 cm³/mol. The van der Waals surface area contributed by atoms with E-state index in [2.05, 4.69) is 15.3 Å². The first-order valence-electron chi connectivity index (χ1n) is 5.01. The van der Waals surface area contributed by atoms with Gasteiger partial charge in [-0.2, -0.15) is 0 Å². The Hall–Kier alpha value is -2.77. The molecule has 19 heavy (non-hydrogen) atoms. The quantitative estimate of drug-likeness (QED) is 0.787. The smallest absolute Gasteiger partial charge is 0.338 e. The van der Waals surface area contributed by atoms with Gasteiger partial charge < -0.3 is 15.4 Å². The number of rotatable bonds is 3. The Bertz CT molecular complexity index is 641. The molecule has 0 spiro atoms. The second-order valence-corrected chi connectivity index (χ2v) is 3.54. The largest absolute Gasteiger partial charge is 0.478 e. The van der Waals surface area contributed by atoms with Crippen molar-refractivity contribution in [2.24, 2.45) is 0 Å². The number of nitrogens with zero attached hydrogens (tertiary/aromatic N) is 1. The molecule has 0 unspecified atom stereocenters. The molecule has 1 aromatic heterocycles. The maximum absolute atomic E-state index is 13.4. The molecule has 1 heterocycles. The Kier molecular flexibility index (Phi) is 3.23. The highest BCUT2D eigenvalue weighted by molar-refractivity contribution is 6.03. The van der Waals surface area contributed by atoms with Gasteiger partial charge in [-0.1, -0.05) is 0 Å². The summed E-state index contributed by atoms with van der Waals surface area (Å²) in [6.07, 6.45) is 2.45. The molecule has 0 aliphatic heterocycles. The molecule has 1 aromatic carbocycles. The average molecular weight is 267 g/mol. The van der Waals surface area contributed by atoms with Crippen molar-refractivity contribution < 1.29 is 23.5 Å². The maximum atomic E-state index is 13.4. The Morgan fingerprint density at radius 3 is 2.58 bits per heavy atom. The van der Waals surface area contributed by atoms with Crippen LogP contribution in [0.3, 0.4) is 0 Å². The fourth-order valence-corrected chi connectivity index (χ4v) is 1.38. The van der Waals surface area contributed by atoms with Crippen molar-refractivity contribution in [1.29, 1.82) is 0 Å². The minimum absolute atomic E-state index is 0.0561. The highest BCUT2D eigenvalue weighted by Gasteiger charge is 2.17. The molecule has 2 aromatic rings. The van der Waals surface area contributed by atoms with Gasteiger partial charge in [-0.05, 0) is 6.07 Å². The number of carbonyl (C=O) groups excluding carboxylic acids is 1. The van der Waals surface area contributed by atoms with Crippen molar-refractivity contribution in [2.45, 2.75) is 0 Å². The number of halogens is 2. The van der Waals surface area contributed by atoms with Gasteiger partial charge >= 0.3 is 5.97 Å². The van der Waals surface area contributed by atoms with Crippen molar-refractivity contribution >= 4 is 17.6 Å². The van der Waals surface area contributed by atoms with Crippen molar-refractivity contribution in [3.8, 4) is 0 Å². The topological polar surface area (TPSA) is 95.1 Å². The minimum atomic E-state index is -1.56. The standard InChI is InChI=1S/C11H7F2N3O3/c12-6-2-7(13)8(1-5(6)11(18)19)16-10(17)9-3-14-4-15-9/h1-4H,(H,14,15)(H,16,17)(H,18,19). The predicted octanol–water partition coefficient (Wildman–Crippen LogP) is 1.64. The molecule has 98 valence electrons. The van der Waals surface area contributed by atoms with Gasteiger partial charge in [-0.25, -0.2) is 18.6 Å². The molecule has 6 nitrogen and oxygen atoms in total. The van der Waals surface area contributed by atoms with E-state index < -0.39 is 34.8 Å². The summed E-state index contributed by atoms with van der Waals surface area (Å²) >= 11 is 0. The summed E-state index contributed by atoms with van der Waals surface area (Å²) < 4.78 is 26.6. The van der Waals surface area contributed by atoms with Gasteiger partial charge in [0, 0.05) is 6.07 Å². The monoisotopic (exact) mass is 267 g/mol. The van der Waals surface area contributed by atoms with Gasteiger partial charge in [-0.15, -0.1) is 0 Å². The van der Waals surface area contributed by atoms with Crippen LogP contribution in [-0.2, 0) is 0 Å². The van der Waals surface area contributed by atoms with E-state index in [-0.39, 0.29) is 5.69 Å². The molecule has 2 rings (SSSR count). The molecule has 0 saturated carbocycles. The minimum Gasteiger partial charge on any atom is -0.478 e. The lowest BCUT2D eigenvalue weighted by Gasteiger charge is -2.07. The third-order valence-corrected chi connectivity index (χ3v) is 2.28. The van der Waals surface area contributed by atoms with E-state index in [0.29, 0.717) is 12.1 Å².